The summed E-state index contributed by atoms with van der Waals surface area (Å²) >= 11 is 21.1. The molecule has 2 aromatic rings. The van der Waals surface area contributed by atoms with E-state index in [1.807, 2.05) is 0 Å². The van der Waals surface area contributed by atoms with Crippen LogP contribution in [-0.4, -0.2) is 57.7 Å². The van der Waals surface area contributed by atoms with Crippen LogP contribution in [0, 0.1) is 0 Å². The van der Waals surface area contributed by atoms with E-state index in [1.165, 1.54) is 51.4 Å². The molecule has 6 nitrogen and oxygen atoms in total. The van der Waals surface area contributed by atoms with Crippen LogP contribution in [0.15, 0.2) is 51.9 Å². The predicted octanol–water partition coefficient (Wildman–Crippen LogP) is 12.6. The number of hydrogen-bond donors (Lipinski definition) is 0. The Kier molecular flexibility index (Phi) is 23.3. The maximum atomic E-state index is 13.7. The fourth-order valence-corrected chi connectivity index (χ4v) is 10.2. The van der Waals surface area contributed by atoms with Crippen LogP contribution in [0.3, 0.4) is 0 Å². The Labute approximate surface area is 333 Å². The van der Waals surface area contributed by atoms with E-state index >= 15 is 0 Å². The molecule has 0 amide bonds. The van der Waals surface area contributed by atoms with Gasteiger partial charge in [-0.3, -0.25) is 0 Å². The van der Waals surface area contributed by atoms with Gasteiger partial charge in [-0.25, -0.2) is 8.42 Å². The molecule has 0 saturated heterocycles. The van der Waals surface area contributed by atoms with Gasteiger partial charge >= 0.3 is 0 Å². The van der Waals surface area contributed by atoms with Crippen molar-refractivity contribution < 1.29 is 27.4 Å². The lowest BCUT2D eigenvalue weighted by molar-refractivity contribution is 0.0335. The van der Waals surface area contributed by atoms with Crippen LogP contribution in [0.1, 0.15) is 90.9 Å². The smallest absolute Gasteiger partial charge is 0.206 e. The normalized spacial score (nSPS) is 13.1. The molecule has 47 heavy (non-hydrogen) atoms. The molecule has 0 aliphatic carbocycles. The molecule has 0 N–H and O–H groups in total. The summed E-state index contributed by atoms with van der Waals surface area (Å²) in [7, 11) is -3.88. The summed E-state index contributed by atoms with van der Waals surface area (Å²) in [6.07, 6.45) is 14.2. The summed E-state index contributed by atoms with van der Waals surface area (Å²) < 4.78 is 53.7. The molecule has 2 rings (SSSR count). The molecular weight excluding hydrogens is 1020 g/mol. The molecule has 0 aliphatic rings. The first-order valence-electron chi connectivity index (χ1n) is 16.4. The molecule has 2 aromatic carbocycles. The van der Waals surface area contributed by atoms with Gasteiger partial charge in [0.05, 0.1) is 27.7 Å². The van der Waals surface area contributed by atoms with E-state index in [0.717, 1.165) is 25.7 Å². The lowest BCUT2D eigenvalue weighted by Crippen LogP contribution is -2.24. The van der Waals surface area contributed by atoms with Gasteiger partial charge in [-0.1, -0.05) is 110 Å². The van der Waals surface area contributed by atoms with E-state index in [4.69, 9.17) is 18.9 Å². The van der Waals surface area contributed by atoms with Gasteiger partial charge in [0, 0.05) is 23.9 Å². The molecule has 0 spiro atoms. The Bertz CT molecular complexity index is 1160. The summed E-state index contributed by atoms with van der Waals surface area (Å²) in [6, 6.07) is 6.24. The quantitative estimate of drug-likeness (QED) is 0.0691. The third kappa shape index (κ3) is 15.9. The second-order valence-electron chi connectivity index (χ2n) is 11.4. The summed E-state index contributed by atoms with van der Waals surface area (Å²) in [5.74, 6) is 1.04. The van der Waals surface area contributed by atoms with Crippen LogP contribution in [0.5, 0.6) is 11.5 Å². The highest BCUT2D eigenvalue weighted by molar-refractivity contribution is 9.11. The van der Waals surface area contributed by atoms with Crippen molar-refractivity contribution in [1.29, 1.82) is 0 Å². The van der Waals surface area contributed by atoms with Crippen molar-refractivity contribution in [3.63, 3.8) is 0 Å². The Morgan fingerprint density at radius 3 is 1.19 bits per heavy atom. The van der Waals surface area contributed by atoms with Crippen LogP contribution in [-0.2, 0) is 19.3 Å². The highest BCUT2D eigenvalue weighted by atomic mass is 79.9. The number of hydrogen-bond acceptors (Lipinski definition) is 6. The maximum Gasteiger partial charge on any atom is 0.206 e. The third-order valence-electron chi connectivity index (χ3n) is 7.44. The average Bonchev–Trinajstić information content (AvgIpc) is 3.04. The molecule has 0 aromatic heterocycles. The number of benzene rings is 2. The number of halogens is 6. The molecule has 268 valence electrons. The van der Waals surface area contributed by atoms with Crippen LogP contribution in [0.4, 0.5) is 0 Å². The molecule has 0 heterocycles. The zero-order valence-corrected chi connectivity index (χ0v) is 37.7. The van der Waals surface area contributed by atoms with E-state index in [0.29, 0.717) is 66.5 Å². The van der Waals surface area contributed by atoms with Gasteiger partial charge in [0.25, 0.3) is 0 Å². The lowest BCUT2D eigenvalue weighted by Gasteiger charge is -2.19. The number of alkyl halides is 2. The summed E-state index contributed by atoms with van der Waals surface area (Å²) in [5.41, 5.74) is 0. The Morgan fingerprint density at radius 1 is 0.553 bits per heavy atom. The fraction of sp³-hybridized carbons (Fsp3) is 0.647. The minimum atomic E-state index is -3.88. The molecule has 0 aliphatic heterocycles. The van der Waals surface area contributed by atoms with Crippen molar-refractivity contribution in [3.05, 3.63) is 42.2 Å². The zero-order chi connectivity index (χ0) is 34.7. The van der Waals surface area contributed by atoms with E-state index in [2.05, 4.69) is 109 Å². The monoisotopic (exact) mass is 1060 g/mol. The van der Waals surface area contributed by atoms with Gasteiger partial charge in [0.2, 0.25) is 9.84 Å². The zero-order valence-electron chi connectivity index (χ0n) is 27.3. The molecule has 2 unspecified atom stereocenters. The lowest BCUT2D eigenvalue weighted by atomic mass is 10.1. The first kappa shape index (κ1) is 44.0. The SMILES string of the molecule is CCCCCCCCOC(CBr)COc1c(Br)cc(S(=O)(=O)c2cc(Br)c(OCC(CBr)OCCCCCCCC)c(Br)c2)cc1Br. The Hall–Kier alpha value is 0.790. The molecule has 0 fully saturated rings. The topological polar surface area (TPSA) is 71.1 Å². The van der Waals surface area contributed by atoms with Crippen molar-refractivity contribution in [2.45, 2.75) is 113 Å². The summed E-state index contributed by atoms with van der Waals surface area (Å²) in [4.78, 5) is 0.241. The van der Waals surface area contributed by atoms with E-state index < -0.39 is 9.84 Å². The predicted molar refractivity (Wildman–Crippen MR) is 214 cm³/mol. The molecule has 0 saturated carbocycles. The number of ether oxygens (including phenoxy) is 4. The van der Waals surface area contributed by atoms with Crippen LogP contribution >= 0.6 is 95.6 Å². The van der Waals surface area contributed by atoms with Gasteiger partial charge in [-0.2, -0.15) is 0 Å². The van der Waals surface area contributed by atoms with Crippen molar-refractivity contribution in [1.82, 2.24) is 0 Å². The molecule has 13 heteroatoms. The maximum absolute atomic E-state index is 13.7. The van der Waals surface area contributed by atoms with Gasteiger partial charge in [0.1, 0.15) is 36.9 Å². The van der Waals surface area contributed by atoms with Crippen LogP contribution in [0.2, 0.25) is 0 Å². The number of unbranched alkanes of at least 4 members (excludes halogenated alkanes) is 10. The van der Waals surface area contributed by atoms with Crippen molar-refractivity contribution in [3.8, 4) is 11.5 Å². The largest absolute Gasteiger partial charge is 0.488 e. The third-order valence-corrected chi connectivity index (χ3v) is 13.0. The van der Waals surface area contributed by atoms with Crippen molar-refractivity contribution in [2.75, 3.05) is 37.1 Å². The van der Waals surface area contributed by atoms with E-state index in [9.17, 15) is 8.42 Å². The van der Waals surface area contributed by atoms with Gasteiger partial charge in [-0.15, -0.1) is 0 Å². The van der Waals surface area contributed by atoms with Crippen LogP contribution < -0.4 is 9.47 Å². The Balaban J connectivity index is 2.00. The highest BCUT2D eigenvalue weighted by Gasteiger charge is 2.25. The first-order chi connectivity index (χ1) is 22.6. The van der Waals surface area contributed by atoms with Gasteiger partial charge < -0.3 is 18.9 Å². The molecule has 2 atom stereocenters. The van der Waals surface area contributed by atoms with Crippen LogP contribution in [0.25, 0.3) is 0 Å². The Morgan fingerprint density at radius 2 is 0.872 bits per heavy atom. The molecule has 0 bridgehead atoms. The number of sulfone groups is 1. The second kappa shape index (κ2) is 24.9. The molecule has 0 radical (unpaired) electrons. The highest BCUT2D eigenvalue weighted by Crippen LogP contribution is 2.41. The second-order valence-corrected chi connectivity index (χ2v) is 18.0. The van der Waals surface area contributed by atoms with Gasteiger partial charge in [0.15, 0.2) is 0 Å². The van der Waals surface area contributed by atoms with Crippen molar-refractivity contribution >= 4 is 105 Å². The summed E-state index contributed by atoms with van der Waals surface area (Å²) in [5, 5.41) is 1.27. The standard InChI is InChI=1S/C34H48Br6O6S/c1-3-5-7-9-11-13-15-43-25(21-35)23-45-33-29(37)17-27(18-30(33)38)47(41,42)28-19-31(39)34(32(40)20-28)46-24-26(22-36)44-16-14-12-10-8-6-4-2/h17-20,25-26H,3-16,21-24H2,1-2H3. The van der Waals surface area contributed by atoms with Crippen molar-refractivity contribution in [2.24, 2.45) is 0 Å². The fourth-order valence-electron chi connectivity index (χ4n) is 4.69. The minimum Gasteiger partial charge on any atom is -0.488 e. The number of rotatable bonds is 26. The average molecular weight is 1060 g/mol. The van der Waals surface area contributed by atoms with E-state index in [-0.39, 0.29) is 22.0 Å². The first-order valence-corrected chi connectivity index (χ1v) is 23.3. The summed E-state index contributed by atoms with van der Waals surface area (Å²) in [6.45, 7) is 6.46. The molecular formula is C34H48Br6O6S. The van der Waals surface area contributed by atoms with Gasteiger partial charge in [-0.05, 0) is 101 Å². The minimum absolute atomic E-state index is 0.120. The van der Waals surface area contributed by atoms with E-state index in [1.54, 1.807) is 24.3 Å².